The van der Waals surface area contributed by atoms with E-state index in [-0.39, 0.29) is 6.42 Å². The van der Waals surface area contributed by atoms with Gasteiger partial charge in [0.25, 0.3) is 0 Å². The number of benzene rings is 1. The Hall–Kier alpha value is -1.81. The topological polar surface area (TPSA) is 62.5 Å². The third-order valence-electron chi connectivity index (χ3n) is 2.66. The van der Waals surface area contributed by atoms with Crippen molar-refractivity contribution in [1.29, 1.82) is 0 Å². The molecule has 2 rings (SSSR count). The van der Waals surface area contributed by atoms with E-state index in [0.717, 1.165) is 10.9 Å². The lowest BCUT2D eigenvalue weighted by Gasteiger charge is -2.08. The molecule has 0 spiro atoms. The fourth-order valence-electron chi connectivity index (χ4n) is 1.79. The standard InChI is InChI=1S/C12H13NO3/c1-13-5-4-8-6-9(2-3-10(8)13)11(14)7-12(15)16/h2-6,11,14H,7H2,1H3,(H,15,16)/t11-/m0/s1. The summed E-state index contributed by atoms with van der Waals surface area (Å²) in [6, 6.07) is 7.40. The number of aromatic nitrogens is 1. The number of aryl methyl sites for hydroxylation is 1. The molecule has 4 nitrogen and oxygen atoms in total. The fourth-order valence-corrected chi connectivity index (χ4v) is 1.79. The van der Waals surface area contributed by atoms with Gasteiger partial charge in [0.05, 0.1) is 12.5 Å². The highest BCUT2D eigenvalue weighted by Crippen LogP contribution is 2.22. The van der Waals surface area contributed by atoms with Crippen LogP contribution < -0.4 is 0 Å². The number of nitrogens with zero attached hydrogens (tertiary/aromatic N) is 1. The quantitative estimate of drug-likeness (QED) is 0.825. The minimum Gasteiger partial charge on any atom is -0.481 e. The summed E-state index contributed by atoms with van der Waals surface area (Å²) in [6.45, 7) is 0. The Morgan fingerprint density at radius 2 is 2.19 bits per heavy atom. The Morgan fingerprint density at radius 1 is 1.44 bits per heavy atom. The van der Waals surface area contributed by atoms with Crippen LogP contribution in [-0.2, 0) is 11.8 Å². The molecule has 0 amide bonds. The van der Waals surface area contributed by atoms with E-state index < -0.39 is 12.1 Å². The first-order chi connectivity index (χ1) is 7.58. The van der Waals surface area contributed by atoms with Gasteiger partial charge in [-0.1, -0.05) is 6.07 Å². The first kappa shape index (κ1) is 10.7. The van der Waals surface area contributed by atoms with Crippen LogP contribution in [0.3, 0.4) is 0 Å². The molecule has 0 aliphatic rings. The summed E-state index contributed by atoms with van der Waals surface area (Å²) in [5, 5.41) is 19.3. The number of aliphatic hydroxyl groups is 1. The van der Waals surface area contributed by atoms with Crippen LogP contribution in [0.25, 0.3) is 10.9 Å². The normalized spacial score (nSPS) is 12.9. The van der Waals surface area contributed by atoms with Gasteiger partial charge in [0.2, 0.25) is 0 Å². The van der Waals surface area contributed by atoms with E-state index in [2.05, 4.69) is 0 Å². The van der Waals surface area contributed by atoms with Crippen molar-refractivity contribution in [2.75, 3.05) is 0 Å². The minimum atomic E-state index is -0.999. The van der Waals surface area contributed by atoms with Gasteiger partial charge < -0.3 is 14.8 Å². The highest BCUT2D eigenvalue weighted by atomic mass is 16.4. The third-order valence-corrected chi connectivity index (χ3v) is 2.66. The molecular formula is C12H13NO3. The highest BCUT2D eigenvalue weighted by Gasteiger charge is 2.12. The molecule has 4 heteroatoms. The summed E-state index contributed by atoms with van der Waals surface area (Å²) in [5.41, 5.74) is 1.70. The zero-order valence-electron chi connectivity index (χ0n) is 8.92. The Kier molecular flexibility index (Phi) is 2.66. The summed E-state index contributed by atoms with van der Waals surface area (Å²) < 4.78 is 1.97. The number of fused-ring (bicyclic) bond motifs is 1. The maximum absolute atomic E-state index is 10.5. The van der Waals surface area contributed by atoms with E-state index in [1.165, 1.54) is 0 Å². The van der Waals surface area contributed by atoms with Crippen LogP contribution >= 0.6 is 0 Å². The molecule has 0 aliphatic heterocycles. The molecule has 0 unspecified atom stereocenters. The lowest BCUT2D eigenvalue weighted by Crippen LogP contribution is -2.05. The van der Waals surface area contributed by atoms with Crippen LogP contribution in [0.2, 0.25) is 0 Å². The van der Waals surface area contributed by atoms with Crippen LogP contribution in [0.5, 0.6) is 0 Å². The molecule has 84 valence electrons. The van der Waals surface area contributed by atoms with Crippen molar-refractivity contribution in [3.05, 3.63) is 36.0 Å². The van der Waals surface area contributed by atoms with Crippen LogP contribution in [0.1, 0.15) is 18.1 Å². The second-order valence-electron chi connectivity index (χ2n) is 3.86. The van der Waals surface area contributed by atoms with Gasteiger partial charge in [-0.05, 0) is 29.1 Å². The average molecular weight is 219 g/mol. The Bertz CT molecular complexity index is 530. The summed E-state index contributed by atoms with van der Waals surface area (Å²) in [4.78, 5) is 10.5. The number of aliphatic carboxylic acids is 1. The van der Waals surface area contributed by atoms with Crippen molar-refractivity contribution in [2.24, 2.45) is 7.05 Å². The SMILES string of the molecule is Cn1ccc2cc([C@@H](O)CC(=O)O)ccc21. The Morgan fingerprint density at radius 3 is 2.88 bits per heavy atom. The zero-order chi connectivity index (χ0) is 11.7. The van der Waals surface area contributed by atoms with Crippen LogP contribution in [0.15, 0.2) is 30.5 Å². The number of carbonyl (C=O) groups is 1. The summed E-state index contributed by atoms with van der Waals surface area (Å²) in [7, 11) is 1.94. The molecule has 0 aliphatic carbocycles. The Balaban J connectivity index is 2.35. The van der Waals surface area contributed by atoms with Crippen molar-refractivity contribution < 1.29 is 15.0 Å². The largest absolute Gasteiger partial charge is 0.481 e. The lowest BCUT2D eigenvalue weighted by atomic mass is 10.0. The molecule has 2 aromatic rings. The first-order valence-corrected chi connectivity index (χ1v) is 5.03. The molecular weight excluding hydrogens is 206 g/mol. The minimum absolute atomic E-state index is 0.266. The second kappa shape index (κ2) is 3.98. The van der Waals surface area contributed by atoms with Crippen molar-refractivity contribution in [3.8, 4) is 0 Å². The monoisotopic (exact) mass is 219 g/mol. The maximum Gasteiger partial charge on any atom is 0.306 e. The summed E-state index contributed by atoms with van der Waals surface area (Å²) in [6.07, 6.45) is 0.721. The summed E-state index contributed by atoms with van der Waals surface area (Å²) in [5.74, 6) is -0.999. The van der Waals surface area contributed by atoms with Crippen molar-refractivity contribution in [3.63, 3.8) is 0 Å². The van der Waals surface area contributed by atoms with Gasteiger partial charge in [-0.15, -0.1) is 0 Å². The van der Waals surface area contributed by atoms with Gasteiger partial charge in [-0.25, -0.2) is 0 Å². The van der Waals surface area contributed by atoms with Gasteiger partial charge >= 0.3 is 5.97 Å². The van der Waals surface area contributed by atoms with E-state index in [0.29, 0.717) is 5.56 Å². The van der Waals surface area contributed by atoms with Gasteiger partial charge in [0.1, 0.15) is 0 Å². The molecule has 1 aromatic carbocycles. The predicted octanol–water partition coefficient (Wildman–Crippen LogP) is 1.69. The third kappa shape index (κ3) is 1.92. The fraction of sp³-hybridized carbons (Fsp3) is 0.250. The van der Waals surface area contributed by atoms with E-state index in [9.17, 15) is 9.90 Å². The van der Waals surface area contributed by atoms with E-state index >= 15 is 0 Å². The van der Waals surface area contributed by atoms with Gasteiger partial charge in [-0.3, -0.25) is 4.79 Å². The molecule has 1 aromatic heterocycles. The van der Waals surface area contributed by atoms with Gasteiger partial charge in [0, 0.05) is 18.8 Å². The van der Waals surface area contributed by atoms with Gasteiger partial charge in [0.15, 0.2) is 0 Å². The molecule has 0 saturated heterocycles. The van der Waals surface area contributed by atoms with E-state index in [4.69, 9.17) is 5.11 Å². The van der Waals surface area contributed by atoms with Crippen LogP contribution in [0, 0.1) is 0 Å². The number of aliphatic hydroxyl groups excluding tert-OH is 1. The lowest BCUT2D eigenvalue weighted by molar-refractivity contribution is -0.139. The number of carboxylic acids is 1. The molecule has 2 N–H and O–H groups in total. The second-order valence-corrected chi connectivity index (χ2v) is 3.86. The van der Waals surface area contributed by atoms with E-state index in [1.807, 2.05) is 36.0 Å². The van der Waals surface area contributed by atoms with Crippen LogP contribution in [0.4, 0.5) is 0 Å². The average Bonchev–Trinajstić information content (AvgIpc) is 2.59. The molecule has 0 fully saturated rings. The molecule has 1 heterocycles. The number of hydrogen-bond donors (Lipinski definition) is 2. The number of hydrogen-bond acceptors (Lipinski definition) is 2. The first-order valence-electron chi connectivity index (χ1n) is 5.03. The maximum atomic E-state index is 10.5. The Labute approximate surface area is 92.7 Å². The summed E-state index contributed by atoms with van der Waals surface area (Å²) >= 11 is 0. The van der Waals surface area contributed by atoms with Crippen molar-refractivity contribution in [1.82, 2.24) is 4.57 Å². The molecule has 16 heavy (non-hydrogen) atoms. The number of rotatable bonds is 3. The number of carboxylic acid groups (broad SMARTS) is 1. The molecule has 1 atom stereocenters. The van der Waals surface area contributed by atoms with Crippen molar-refractivity contribution in [2.45, 2.75) is 12.5 Å². The molecule has 0 radical (unpaired) electrons. The molecule has 0 saturated carbocycles. The zero-order valence-corrected chi connectivity index (χ0v) is 8.92. The van der Waals surface area contributed by atoms with Gasteiger partial charge in [-0.2, -0.15) is 0 Å². The smallest absolute Gasteiger partial charge is 0.306 e. The highest BCUT2D eigenvalue weighted by molar-refractivity contribution is 5.81. The molecule has 0 bridgehead atoms. The van der Waals surface area contributed by atoms with Crippen molar-refractivity contribution >= 4 is 16.9 Å². The van der Waals surface area contributed by atoms with E-state index in [1.54, 1.807) is 6.07 Å². The van der Waals surface area contributed by atoms with Crippen LogP contribution in [-0.4, -0.2) is 20.7 Å². The predicted molar refractivity (Wildman–Crippen MR) is 60.1 cm³/mol.